The van der Waals surface area contributed by atoms with Gasteiger partial charge in [-0.25, -0.2) is 0 Å². The molecule has 1 aliphatic heterocycles. The third-order valence-electron chi connectivity index (χ3n) is 3.59. The van der Waals surface area contributed by atoms with Crippen molar-refractivity contribution in [3.63, 3.8) is 0 Å². The van der Waals surface area contributed by atoms with Gasteiger partial charge in [-0.2, -0.15) is 5.10 Å². The topological polar surface area (TPSA) is 67.2 Å². The molecule has 20 heavy (non-hydrogen) atoms. The molecule has 110 valence electrons. The summed E-state index contributed by atoms with van der Waals surface area (Å²) in [5.41, 5.74) is -0.213. The summed E-state index contributed by atoms with van der Waals surface area (Å²) in [6.45, 7) is 10.0. The van der Waals surface area contributed by atoms with E-state index >= 15 is 0 Å². The number of hydrogen-bond acceptors (Lipinski definition) is 3. The van der Waals surface area contributed by atoms with E-state index in [1.165, 1.54) is 0 Å². The first kappa shape index (κ1) is 14.6. The predicted molar refractivity (Wildman–Crippen MR) is 76.2 cm³/mol. The molecule has 2 amide bonds. The molecule has 1 unspecified atom stereocenters. The van der Waals surface area contributed by atoms with Crippen LogP contribution in [0.2, 0.25) is 0 Å². The number of nitrogens with one attached hydrogen (secondary N) is 1. The first-order chi connectivity index (χ1) is 9.27. The standard InChI is InChI=1S/C14H22N4O2/c1-6-17-8-10(7-15-17)18-11(9(2)3)12(19)16-14(4,5)13(18)20/h7-9,11H,6H2,1-5H3,(H,16,19). The highest BCUT2D eigenvalue weighted by molar-refractivity contribution is 6.10. The van der Waals surface area contributed by atoms with Crippen LogP contribution in [0.4, 0.5) is 5.69 Å². The normalized spacial score (nSPS) is 22.3. The number of carbonyl (C=O) groups is 2. The quantitative estimate of drug-likeness (QED) is 0.902. The van der Waals surface area contributed by atoms with Gasteiger partial charge >= 0.3 is 0 Å². The van der Waals surface area contributed by atoms with Crippen LogP contribution in [0.3, 0.4) is 0 Å². The highest BCUT2D eigenvalue weighted by atomic mass is 16.2. The van der Waals surface area contributed by atoms with Gasteiger partial charge in [-0.1, -0.05) is 13.8 Å². The Morgan fingerprint density at radius 1 is 1.40 bits per heavy atom. The van der Waals surface area contributed by atoms with Crippen molar-refractivity contribution in [2.45, 2.75) is 52.7 Å². The molecule has 0 aromatic carbocycles. The third-order valence-corrected chi connectivity index (χ3v) is 3.59. The fourth-order valence-electron chi connectivity index (χ4n) is 2.51. The van der Waals surface area contributed by atoms with Gasteiger partial charge in [-0.15, -0.1) is 0 Å². The van der Waals surface area contributed by atoms with Gasteiger partial charge in [0.2, 0.25) is 5.91 Å². The Labute approximate surface area is 119 Å². The highest BCUT2D eigenvalue weighted by Crippen LogP contribution is 2.28. The molecule has 1 aliphatic rings. The van der Waals surface area contributed by atoms with Crippen molar-refractivity contribution in [1.82, 2.24) is 15.1 Å². The molecular weight excluding hydrogens is 256 g/mol. The Hall–Kier alpha value is -1.85. The molecule has 0 radical (unpaired) electrons. The molecule has 1 aromatic rings. The second kappa shape index (κ2) is 4.92. The van der Waals surface area contributed by atoms with Gasteiger partial charge in [0.25, 0.3) is 5.91 Å². The first-order valence-electron chi connectivity index (χ1n) is 6.96. The smallest absolute Gasteiger partial charge is 0.253 e. The Morgan fingerprint density at radius 2 is 2.05 bits per heavy atom. The van der Waals surface area contributed by atoms with Gasteiger partial charge in [-0.05, 0) is 26.7 Å². The average molecular weight is 278 g/mol. The number of aromatic nitrogens is 2. The van der Waals surface area contributed by atoms with E-state index in [-0.39, 0.29) is 17.7 Å². The van der Waals surface area contributed by atoms with E-state index < -0.39 is 11.6 Å². The summed E-state index contributed by atoms with van der Waals surface area (Å²) in [4.78, 5) is 26.6. The van der Waals surface area contributed by atoms with Crippen LogP contribution in [0.25, 0.3) is 0 Å². The van der Waals surface area contributed by atoms with Crippen LogP contribution in [0.1, 0.15) is 34.6 Å². The van der Waals surface area contributed by atoms with Gasteiger partial charge in [0.1, 0.15) is 11.6 Å². The molecule has 0 saturated carbocycles. The number of piperazine rings is 1. The molecule has 1 N–H and O–H groups in total. The lowest BCUT2D eigenvalue weighted by molar-refractivity contribution is -0.138. The lowest BCUT2D eigenvalue weighted by Crippen LogP contribution is -2.69. The van der Waals surface area contributed by atoms with Crippen LogP contribution in [0.5, 0.6) is 0 Å². The van der Waals surface area contributed by atoms with Crippen molar-refractivity contribution in [1.29, 1.82) is 0 Å². The zero-order valence-corrected chi connectivity index (χ0v) is 12.7. The van der Waals surface area contributed by atoms with Crippen LogP contribution in [-0.2, 0) is 16.1 Å². The molecule has 2 heterocycles. The maximum absolute atomic E-state index is 12.7. The minimum Gasteiger partial charge on any atom is -0.340 e. The molecule has 0 aliphatic carbocycles. The molecule has 1 fully saturated rings. The number of carbonyl (C=O) groups excluding carboxylic acids is 2. The summed E-state index contributed by atoms with van der Waals surface area (Å²) in [5, 5.41) is 7.00. The Balaban J connectivity index is 2.47. The second-order valence-electron chi connectivity index (χ2n) is 6.03. The molecule has 6 nitrogen and oxygen atoms in total. The van der Waals surface area contributed by atoms with Gasteiger partial charge < -0.3 is 5.32 Å². The molecule has 1 saturated heterocycles. The van der Waals surface area contributed by atoms with Crippen molar-refractivity contribution in [3.05, 3.63) is 12.4 Å². The number of anilines is 1. The predicted octanol–water partition coefficient (Wildman–Crippen LogP) is 1.17. The van der Waals surface area contributed by atoms with Crippen molar-refractivity contribution in [2.24, 2.45) is 5.92 Å². The van der Waals surface area contributed by atoms with Crippen LogP contribution >= 0.6 is 0 Å². The van der Waals surface area contributed by atoms with Gasteiger partial charge in [0.05, 0.1) is 11.9 Å². The van der Waals surface area contributed by atoms with E-state index in [0.29, 0.717) is 5.69 Å². The minimum absolute atomic E-state index is 0.0278. The fraction of sp³-hybridized carbons (Fsp3) is 0.643. The van der Waals surface area contributed by atoms with E-state index in [4.69, 9.17) is 0 Å². The van der Waals surface area contributed by atoms with E-state index in [2.05, 4.69) is 10.4 Å². The summed E-state index contributed by atoms with van der Waals surface area (Å²) in [6.07, 6.45) is 3.45. The van der Waals surface area contributed by atoms with Crippen LogP contribution in [0, 0.1) is 5.92 Å². The molecule has 0 spiro atoms. The Bertz CT molecular complexity index is 533. The molecule has 2 rings (SSSR count). The van der Waals surface area contributed by atoms with Gasteiger partial charge in [-0.3, -0.25) is 19.2 Å². The summed E-state index contributed by atoms with van der Waals surface area (Å²) >= 11 is 0. The monoisotopic (exact) mass is 278 g/mol. The van der Waals surface area contributed by atoms with E-state index in [9.17, 15) is 9.59 Å². The summed E-state index contributed by atoms with van der Waals surface area (Å²) < 4.78 is 1.75. The maximum Gasteiger partial charge on any atom is 0.253 e. The molecule has 6 heteroatoms. The lowest BCUT2D eigenvalue weighted by atomic mass is 9.91. The highest BCUT2D eigenvalue weighted by Gasteiger charge is 2.47. The Morgan fingerprint density at radius 3 is 2.55 bits per heavy atom. The van der Waals surface area contributed by atoms with E-state index in [0.717, 1.165) is 6.54 Å². The van der Waals surface area contributed by atoms with Crippen molar-refractivity contribution < 1.29 is 9.59 Å². The number of nitrogens with zero attached hydrogens (tertiary/aromatic N) is 3. The first-order valence-corrected chi connectivity index (χ1v) is 6.96. The Kier molecular flexibility index (Phi) is 3.58. The SMILES string of the molecule is CCn1cc(N2C(=O)C(C)(C)NC(=O)C2C(C)C)cn1. The van der Waals surface area contributed by atoms with Crippen molar-refractivity contribution in [3.8, 4) is 0 Å². The molecule has 0 bridgehead atoms. The van der Waals surface area contributed by atoms with Crippen molar-refractivity contribution in [2.75, 3.05) is 4.90 Å². The van der Waals surface area contributed by atoms with Crippen molar-refractivity contribution >= 4 is 17.5 Å². The van der Waals surface area contributed by atoms with Crippen LogP contribution < -0.4 is 10.2 Å². The number of amides is 2. The summed E-state index contributed by atoms with van der Waals surface area (Å²) in [6, 6.07) is -0.495. The zero-order valence-electron chi connectivity index (χ0n) is 12.7. The molecule has 1 aromatic heterocycles. The molecular formula is C14H22N4O2. The number of rotatable bonds is 3. The minimum atomic E-state index is -0.892. The third kappa shape index (κ3) is 2.30. The maximum atomic E-state index is 12.7. The second-order valence-corrected chi connectivity index (χ2v) is 6.03. The largest absolute Gasteiger partial charge is 0.340 e. The molecule has 1 atom stereocenters. The van der Waals surface area contributed by atoms with Crippen LogP contribution in [0.15, 0.2) is 12.4 Å². The van der Waals surface area contributed by atoms with E-state index in [1.807, 2.05) is 27.0 Å². The summed E-state index contributed by atoms with van der Waals surface area (Å²) in [5.74, 6) is -0.194. The van der Waals surface area contributed by atoms with E-state index in [1.54, 1.807) is 29.6 Å². The van der Waals surface area contributed by atoms with Gasteiger partial charge in [0, 0.05) is 12.7 Å². The fourth-order valence-corrected chi connectivity index (χ4v) is 2.51. The van der Waals surface area contributed by atoms with Gasteiger partial charge in [0.15, 0.2) is 0 Å². The number of hydrogen-bond donors (Lipinski definition) is 1. The lowest BCUT2D eigenvalue weighted by Gasteiger charge is -2.43. The number of aryl methyl sites for hydroxylation is 1. The average Bonchev–Trinajstić information content (AvgIpc) is 2.80. The van der Waals surface area contributed by atoms with Crippen LogP contribution in [-0.4, -0.2) is 33.2 Å². The summed E-state index contributed by atoms with van der Waals surface area (Å²) in [7, 11) is 0. The zero-order chi connectivity index (χ0) is 15.1.